The molecule has 58 valence electrons. The van der Waals surface area contributed by atoms with Crippen molar-refractivity contribution in [2.45, 2.75) is 19.3 Å². The van der Waals surface area contributed by atoms with Crippen LogP contribution in [-0.2, 0) is 4.79 Å². The molecule has 0 rings (SSSR count). The molecule has 0 aliphatic heterocycles. The molecule has 0 radical (unpaired) electrons. The molecule has 0 aromatic carbocycles. The molecular formula is C7H11IO2. The molecule has 0 spiro atoms. The molecule has 0 aliphatic carbocycles. The van der Waals surface area contributed by atoms with Gasteiger partial charge in [0.2, 0.25) is 0 Å². The number of hydrogen-bond donors (Lipinski definition) is 1. The molecule has 2 nitrogen and oxygen atoms in total. The van der Waals surface area contributed by atoms with Gasteiger partial charge < -0.3 is 5.11 Å². The first kappa shape index (κ1) is 9.94. The highest BCUT2D eigenvalue weighted by molar-refractivity contribution is 14.1. The Morgan fingerprint density at radius 3 is 2.70 bits per heavy atom. The number of carboxylic acid groups (broad SMARTS) is 1. The summed E-state index contributed by atoms with van der Waals surface area (Å²) in [6.45, 7) is 0. The fourth-order valence-corrected chi connectivity index (χ4v) is 0.912. The number of unbranched alkanes of at least 4 members (excludes halogenated alkanes) is 1. The van der Waals surface area contributed by atoms with Gasteiger partial charge in [0.25, 0.3) is 0 Å². The maximum absolute atomic E-state index is 10.0. The van der Waals surface area contributed by atoms with Crippen LogP contribution in [0.2, 0.25) is 0 Å². The van der Waals surface area contributed by atoms with Crippen LogP contribution >= 0.6 is 22.6 Å². The van der Waals surface area contributed by atoms with Crippen molar-refractivity contribution in [2.75, 3.05) is 4.43 Å². The lowest BCUT2D eigenvalue weighted by Gasteiger charge is -1.88. The van der Waals surface area contributed by atoms with Crippen LogP contribution in [0.4, 0.5) is 0 Å². The highest BCUT2D eigenvalue weighted by Gasteiger charge is 1.92. The molecule has 1 N–H and O–H groups in total. The van der Waals surface area contributed by atoms with E-state index in [4.69, 9.17) is 5.11 Å². The zero-order chi connectivity index (χ0) is 7.82. The molecule has 0 atom stereocenters. The largest absolute Gasteiger partial charge is 0.481 e. The Morgan fingerprint density at radius 2 is 2.20 bits per heavy atom. The summed E-state index contributed by atoms with van der Waals surface area (Å²) in [7, 11) is 0. The van der Waals surface area contributed by atoms with Gasteiger partial charge >= 0.3 is 5.97 Å². The first-order chi connectivity index (χ1) is 4.77. The number of carbonyl (C=O) groups is 1. The van der Waals surface area contributed by atoms with E-state index in [1.165, 1.54) is 0 Å². The number of carboxylic acids is 1. The van der Waals surface area contributed by atoms with Crippen molar-refractivity contribution in [1.29, 1.82) is 0 Å². The Labute approximate surface area is 74.5 Å². The fourth-order valence-electron chi connectivity index (χ4n) is 0.552. The van der Waals surface area contributed by atoms with E-state index >= 15 is 0 Å². The van der Waals surface area contributed by atoms with Gasteiger partial charge in [0.1, 0.15) is 0 Å². The van der Waals surface area contributed by atoms with Crippen LogP contribution in [0.3, 0.4) is 0 Å². The van der Waals surface area contributed by atoms with Gasteiger partial charge in [-0.25, -0.2) is 0 Å². The van der Waals surface area contributed by atoms with Crippen LogP contribution in [-0.4, -0.2) is 15.5 Å². The van der Waals surface area contributed by atoms with Crippen LogP contribution < -0.4 is 0 Å². The summed E-state index contributed by atoms with van der Waals surface area (Å²) in [6, 6.07) is 0. The minimum Gasteiger partial charge on any atom is -0.481 e. The average molecular weight is 254 g/mol. The van der Waals surface area contributed by atoms with Crippen molar-refractivity contribution >= 4 is 28.6 Å². The summed E-state index contributed by atoms with van der Waals surface area (Å²) in [5.41, 5.74) is 0. The summed E-state index contributed by atoms with van der Waals surface area (Å²) < 4.78 is 1.00. The topological polar surface area (TPSA) is 37.3 Å². The monoisotopic (exact) mass is 254 g/mol. The Kier molecular flexibility index (Phi) is 7.01. The standard InChI is InChI=1S/C7H11IO2/c8-6-4-2-1-3-5-7(9)10/h2,4H,1,3,5-6H2,(H,9,10). The first-order valence-electron chi connectivity index (χ1n) is 3.20. The Hall–Kier alpha value is -0.0600. The normalized spacial score (nSPS) is 10.5. The molecule has 10 heavy (non-hydrogen) atoms. The highest BCUT2D eigenvalue weighted by atomic mass is 127. The van der Waals surface area contributed by atoms with Crippen molar-refractivity contribution in [1.82, 2.24) is 0 Å². The quantitative estimate of drug-likeness (QED) is 0.353. The maximum atomic E-state index is 10.0. The number of halogens is 1. The fraction of sp³-hybridized carbons (Fsp3) is 0.571. The van der Waals surface area contributed by atoms with Crippen LogP contribution in [0.5, 0.6) is 0 Å². The van der Waals surface area contributed by atoms with Gasteiger partial charge in [-0.3, -0.25) is 4.79 Å². The third kappa shape index (κ3) is 7.94. The lowest BCUT2D eigenvalue weighted by Crippen LogP contribution is -1.92. The molecule has 0 saturated carbocycles. The number of aliphatic carboxylic acids is 1. The van der Waals surface area contributed by atoms with Crippen LogP contribution in [0, 0.1) is 0 Å². The second-order valence-electron chi connectivity index (χ2n) is 1.91. The van der Waals surface area contributed by atoms with Crippen LogP contribution in [0.25, 0.3) is 0 Å². The van der Waals surface area contributed by atoms with Crippen LogP contribution in [0.15, 0.2) is 12.2 Å². The molecule has 0 bridgehead atoms. The Bertz CT molecular complexity index is 121. The van der Waals surface area contributed by atoms with Crippen molar-refractivity contribution in [2.24, 2.45) is 0 Å². The summed E-state index contributed by atoms with van der Waals surface area (Å²) in [5, 5.41) is 8.24. The highest BCUT2D eigenvalue weighted by Crippen LogP contribution is 1.96. The second-order valence-corrected chi connectivity index (χ2v) is 2.79. The predicted molar refractivity (Wildman–Crippen MR) is 49.5 cm³/mol. The minimum atomic E-state index is -0.706. The summed E-state index contributed by atoms with van der Waals surface area (Å²) in [5.74, 6) is -0.706. The molecule has 0 unspecified atom stereocenters. The summed E-state index contributed by atoms with van der Waals surface area (Å²) in [6.07, 6.45) is 5.99. The number of allylic oxidation sites excluding steroid dienone is 2. The molecule has 0 aliphatic rings. The van der Waals surface area contributed by atoms with Crippen molar-refractivity contribution in [3.05, 3.63) is 12.2 Å². The molecule has 0 aromatic rings. The average Bonchev–Trinajstić information content (AvgIpc) is 1.87. The maximum Gasteiger partial charge on any atom is 0.303 e. The van der Waals surface area contributed by atoms with E-state index in [0.717, 1.165) is 17.3 Å². The van der Waals surface area contributed by atoms with E-state index in [0.29, 0.717) is 0 Å². The number of rotatable bonds is 5. The smallest absolute Gasteiger partial charge is 0.303 e. The van der Waals surface area contributed by atoms with Gasteiger partial charge in [0.05, 0.1) is 0 Å². The van der Waals surface area contributed by atoms with Gasteiger partial charge in [-0.2, -0.15) is 0 Å². The zero-order valence-electron chi connectivity index (χ0n) is 5.72. The van der Waals surface area contributed by atoms with Crippen molar-refractivity contribution in [3.8, 4) is 0 Å². The van der Waals surface area contributed by atoms with E-state index in [2.05, 4.69) is 22.6 Å². The SMILES string of the molecule is O=C(O)CCCC=CCI. The minimum absolute atomic E-state index is 0.283. The van der Waals surface area contributed by atoms with Gasteiger partial charge in [-0.05, 0) is 12.8 Å². The Morgan fingerprint density at radius 1 is 1.50 bits per heavy atom. The summed E-state index contributed by atoms with van der Waals surface area (Å²) in [4.78, 5) is 10.0. The second kappa shape index (κ2) is 7.05. The molecule has 3 heteroatoms. The van der Waals surface area contributed by atoms with E-state index in [-0.39, 0.29) is 6.42 Å². The third-order valence-corrected chi connectivity index (χ3v) is 1.53. The molecule has 0 aromatic heterocycles. The molecule has 0 saturated heterocycles. The Balaban J connectivity index is 3.05. The first-order valence-corrected chi connectivity index (χ1v) is 4.72. The third-order valence-electron chi connectivity index (χ3n) is 1.02. The van der Waals surface area contributed by atoms with Gasteiger partial charge in [-0.15, -0.1) is 0 Å². The lowest BCUT2D eigenvalue weighted by molar-refractivity contribution is -0.137. The van der Waals surface area contributed by atoms with Gasteiger partial charge in [-0.1, -0.05) is 34.7 Å². The molecule has 0 heterocycles. The number of hydrogen-bond acceptors (Lipinski definition) is 1. The van der Waals surface area contributed by atoms with Gasteiger partial charge in [0, 0.05) is 10.8 Å². The van der Waals surface area contributed by atoms with Gasteiger partial charge in [0.15, 0.2) is 0 Å². The van der Waals surface area contributed by atoms with E-state index in [1.807, 2.05) is 12.2 Å². The summed E-state index contributed by atoms with van der Waals surface area (Å²) >= 11 is 2.25. The van der Waals surface area contributed by atoms with E-state index in [1.54, 1.807) is 0 Å². The molecular weight excluding hydrogens is 243 g/mol. The lowest BCUT2D eigenvalue weighted by atomic mass is 10.2. The zero-order valence-corrected chi connectivity index (χ0v) is 7.87. The van der Waals surface area contributed by atoms with Crippen molar-refractivity contribution < 1.29 is 9.90 Å². The van der Waals surface area contributed by atoms with E-state index in [9.17, 15) is 4.79 Å². The number of alkyl halides is 1. The predicted octanol–water partition coefficient (Wildman–Crippen LogP) is 2.23. The van der Waals surface area contributed by atoms with Crippen LogP contribution in [0.1, 0.15) is 19.3 Å². The molecule has 0 amide bonds. The van der Waals surface area contributed by atoms with Crippen molar-refractivity contribution in [3.63, 3.8) is 0 Å². The van der Waals surface area contributed by atoms with E-state index < -0.39 is 5.97 Å². The molecule has 0 fully saturated rings.